The predicted molar refractivity (Wildman–Crippen MR) is 82.6 cm³/mol. The molecule has 0 fully saturated rings. The second-order valence-electron chi connectivity index (χ2n) is 4.47. The van der Waals surface area contributed by atoms with Crippen LogP contribution < -0.4 is 11.1 Å². The zero-order valence-electron chi connectivity index (χ0n) is 11.4. The number of nitrogens with zero attached hydrogens (tertiary/aromatic N) is 2. The Kier molecular flexibility index (Phi) is 4.54. The molecule has 0 saturated carbocycles. The van der Waals surface area contributed by atoms with Gasteiger partial charge in [-0.25, -0.2) is 14.4 Å². The van der Waals surface area contributed by atoms with Gasteiger partial charge in [-0.1, -0.05) is 13.0 Å². The van der Waals surface area contributed by atoms with Gasteiger partial charge in [0.2, 0.25) is 0 Å². The Morgan fingerprint density at radius 3 is 2.75 bits per heavy atom. The highest BCUT2D eigenvalue weighted by molar-refractivity contribution is 9.10. The molecule has 2 aromatic rings. The van der Waals surface area contributed by atoms with E-state index in [1.807, 2.05) is 13.8 Å². The van der Waals surface area contributed by atoms with Crippen LogP contribution in [-0.2, 0) is 6.42 Å². The van der Waals surface area contributed by atoms with Gasteiger partial charge >= 0.3 is 0 Å². The molecule has 0 saturated heterocycles. The summed E-state index contributed by atoms with van der Waals surface area (Å²) in [6.45, 7) is 3.85. The van der Waals surface area contributed by atoms with Crippen LogP contribution in [0.1, 0.15) is 24.7 Å². The van der Waals surface area contributed by atoms with Crippen LogP contribution in [0.15, 0.2) is 22.7 Å². The predicted octanol–water partition coefficient (Wildman–Crippen LogP) is 3.96. The number of rotatable bonds is 4. The molecule has 0 atom stereocenters. The van der Waals surface area contributed by atoms with Crippen molar-refractivity contribution < 1.29 is 4.39 Å². The molecular weight excluding hydrogens is 323 g/mol. The summed E-state index contributed by atoms with van der Waals surface area (Å²) in [6.07, 6.45) is 1.66. The van der Waals surface area contributed by atoms with Crippen molar-refractivity contribution in [2.75, 3.05) is 11.1 Å². The first-order chi connectivity index (χ1) is 9.52. The Bertz CT molecular complexity index is 611. The summed E-state index contributed by atoms with van der Waals surface area (Å²) >= 11 is 3.32. The molecular formula is C14H16BrFN4. The molecule has 1 heterocycles. The molecule has 0 radical (unpaired) electrons. The van der Waals surface area contributed by atoms with E-state index in [2.05, 4.69) is 31.2 Å². The number of hydrogen-bond acceptors (Lipinski definition) is 4. The lowest BCUT2D eigenvalue weighted by Crippen LogP contribution is -2.08. The highest BCUT2D eigenvalue weighted by Crippen LogP contribution is 2.30. The lowest BCUT2D eigenvalue weighted by molar-refractivity contribution is 0.631. The second kappa shape index (κ2) is 6.17. The average Bonchev–Trinajstić information content (AvgIpc) is 2.39. The van der Waals surface area contributed by atoms with Crippen LogP contribution in [0.5, 0.6) is 0 Å². The largest absolute Gasteiger partial charge is 0.383 e. The first kappa shape index (κ1) is 14.7. The van der Waals surface area contributed by atoms with Gasteiger partial charge in [0.25, 0.3) is 0 Å². The van der Waals surface area contributed by atoms with Crippen LogP contribution >= 0.6 is 15.9 Å². The number of nitrogen functional groups attached to an aromatic ring is 1. The Morgan fingerprint density at radius 1 is 1.35 bits per heavy atom. The molecule has 0 amide bonds. The van der Waals surface area contributed by atoms with E-state index in [1.165, 1.54) is 6.07 Å². The zero-order chi connectivity index (χ0) is 14.7. The van der Waals surface area contributed by atoms with E-state index >= 15 is 0 Å². The van der Waals surface area contributed by atoms with Crippen molar-refractivity contribution in [3.05, 3.63) is 39.9 Å². The minimum absolute atomic E-state index is 0.344. The zero-order valence-corrected chi connectivity index (χ0v) is 13.0. The average molecular weight is 339 g/mol. The van der Waals surface area contributed by atoms with Gasteiger partial charge in [0, 0.05) is 16.5 Å². The van der Waals surface area contributed by atoms with E-state index in [0.29, 0.717) is 33.2 Å². The number of aromatic nitrogens is 2. The van der Waals surface area contributed by atoms with Gasteiger partial charge in [-0.3, -0.25) is 0 Å². The Labute approximate surface area is 125 Å². The lowest BCUT2D eigenvalue weighted by atomic mass is 10.2. The highest BCUT2D eigenvalue weighted by atomic mass is 79.9. The van der Waals surface area contributed by atoms with Crippen LogP contribution in [0.4, 0.5) is 21.7 Å². The number of hydrogen-bond donors (Lipinski definition) is 2. The van der Waals surface area contributed by atoms with Crippen molar-refractivity contribution in [1.29, 1.82) is 0 Å². The summed E-state index contributed by atoms with van der Waals surface area (Å²) in [5.41, 5.74) is 6.94. The minimum atomic E-state index is -0.354. The smallest absolute Gasteiger partial charge is 0.147 e. The fraction of sp³-hybridized carbons (Fsp3) is 0.286. The minimum Gasteiger partial charge on any atom is -0.383 e. The molecule has 2 rings (SSSR count). The van der Waals surface area contributed by atoms with Gasteiger partial charge in [0.15, 0.2) is 0 Å². The standard InChI is InChI=1S/C14H16BrFN4/c1-3-5-11-18-13(17)8(2)14(19-11)20-12-9(15)6-4-7-10(12)16/h4,6-7H,3,5H2,1-2H3,(H3,17,18,19,20). The third kappa shape index (κ3) is 3.07. The van der Waals surface area contributed by atoms with Crippen LogP contribution in [0.3, 0.4) is 0 Å². The van der Waals surface area contributed by atoms with Crippen molar-refractivity contribution in [3.63, 3.8) is 0 Å². The molecule has 106 valence electrons. The first-order valence-electron chi connectivity index (χ1n) is 6.37. The maximum absolute atomic E-state index is 13.8. The van der Waals surface area contributed by atoms with Crippen LogP contribution in [0.2, 0.25) is 0 Å². The second-order valence-corrected chi connectivity index (χ2v) is 5.32. The number of anilines is 3. The van der Waals surface area contributed by atoms with Crippen LogP contribution in [0, 0.1) is 12.7 Å². The first-order valence-corrected chi connectivity index (χ1v) is 7.16. The van der Waals surface area contributed by atoms with Crippen molar-refractivity contribution in [1.82, 2.24) is 9.97 Å². The molecule has 0 unspecified atom stereocenters. The van der Waals surface area contributed by atoms with E-state index in [4.69, 9.17) is 5.73 Å². The monoisotopic (exact) mass is 338 g/mol. The molecule has 0 spiro atoms. The molecule has 1 aromatic carbocycles. The normalized spacial score (nSPS) is 10.6. The highest BCUT2D eigenvalue weighted by Gasteiger charge is 2.12. The summed E-state index contributed by atoms with van der Waals surface area (Å²) in [4.78, 5) is 8.64. The van der Waals surface area contributed by atoms with E-state index < -0.39 is 0 Å². The summed E-state index contributed by atoms with van der Waals surface area (Å²) in [5.74, 6) is 1.25. The quantitative estimate of drug-likeness (QED) is 0.885. The molecule has 20 heavy (non-hydrogen) atoms. The van der Waals surface area contributed by atoms with E-state index in [-0.39, 0.29) is 5.82 Å². The van der Waals surface area contributed by atoms with E-state index in [9.17, 15) is 4.39 Å². The number of benzene rings is 1. The fourth-order valence-electron chi connectivity index (χ4n) is 1.77. The molecule has 6 heteroatoms. The van der Waals surface area contributed by atoms with Crippen molar-refractivity contribution in [2.45, 2.75) is 26.7 Å². The SMILES string of the molecule is CCCc1nc(N)c(C)c(Nc2c(F)cccc2Br)n1. The Balaban J connectivity index is 2.42. The number of halogens is 2. The molecule has 3 N–H and O–H groups in total. The summed E-state index contributed by atoms with van der Waals surface area (Å²) in [5, 5.41) is 3.00. The van der Waals surface area contributed by atoms with E-state index in [0.717, 1.165) is 12.8 Å². The molecule has 0 aliphatic rings. The third-order valence-corrected chi connectivity index (χ3v) is 3.57. The number of para-hydroxylation sites is 1. The molecule has 0 bridgehead atoms. The Morgan fingerprint density at radius 2 is 2.10 bits per heavy atom. The number of aryl methyl sites for hydroxylation is 1. The van der Waals surface area contributed by atoms with Crippen LogP contribution in [0.25, 0.3) is 0 Å². The maximum Gasteiger partial charge on any atom is 0.147 e. The number of nitrogens with one attached hydrogen (secondary N) is 1. The van der Waals surface area contributed by atoms with Gasteiger partial charge in [0.1, 0.15) is 23.3 Å². The maximum atomic E-state index is 13.8. The Hall–Kier alpha value is -1.69. The summed E-state index contributed by atoms with van der Waals surface area (Å²) in [6, 6.07) is 4.78. The van der Waals surface area contributed by atoms with Crippen molar-refractivity contribution in [2.24, 2.45) is 0 Å². The molecule has 0 aliphatic heterocycles. The van der Waals surface area contributed by atoms with Gasteiger partial charge < -0.3 is 11.1 Å². The molecule has 4 nitrogen and oxygen atoms in total. The number of nitrogens with two attached hydrogens (primary N) is 1. The fourth-order valence-corrected chi connectivity index (χ4v) is 2.22. The summed E-state index contributed by atoms with van der Waals surface area (Å²) in [7, 11) is 0. The van der Waals surface area contributed by atoms with Crippen molar-refractivity contribution >= 4 is 33.3 Å². The topological polar surface area (TPSA) is 63.8 Å². The molecule has 0 aliphatic carbocycles. The van der Waals surface area contributed by atoms with Crippen LogP contribution in [-0.4, -0.2) is 9.97 Å². The molecule has 1 aromatic heterocycles. The van der Waals surface area contributed by atoms with Gasteiger partial charge in [-0.05, 0) is 41.4 Å². The lowest BCUT2D eigenvalue weighted by Gasteiger charge is -2.13. The van der Waals surface area contributed by atoms with Gasteiger partial charge in [-0.2, -0.15) is 0 Å². The van der Waals surface area contributed by atoms with E-state index in [1.54, 1.807) is 12.1 Å². The third-order valence-electron chi connectivity index (χ3n) is 2.91. The summed E-state index contributed by atoms with van der Waals surface area (Å²) < 4.78 is 14.5. The van der Waals surface area contributed by atoms with Gasteiger partial charge in [0.05, 0.1) is 5.69 Å². The van der Waals surface area contributed by atoms with Gasteiger partial charge in [-0.15, -0.1) is 0 Å². The van der Waals surface area contributed by atoms with Crippen molar-refractivity contribution in [3.8, 4) is 0 Å².